The highest BCUT2D eigenvalue weighted by Crippen LogP contribution is 2.27. The molecule has 1 saturated heterocycles. The van der Waals surface area contributed by atoms with Crippen molar-refractivity contribution in [2.75, 3.05) is 18.0 Å². The lowest BCUT2D eigenvalue weighted by Gasteiger charge is -2.16. The molecule has 1 aromatic rings. The summed E-state index contributed by atoms with van der Waals surface area (Å²) in [6, 6.07) is -0.228. The first-order chi connectivity index (χ1) is 7.11. The van der Waals surface area contributed by atoms with E-state index in [1.54, 1.807) is 6.92 Å². The normalized spacial score (nSPS) is 15.7. The highest BCUT2D eigenvalue weighted by Gasteiger charge is 2.25. The van der Waals surface area contributed by atoms with Gasteiger partial charge in [-0.25, -0.2) is 14.2 Å². The van der Waals surface area contributed by atoms with Gasteiger partial charge >= 0.3 is 6.03 Å². The quantitative estimate of drug-likeness (QED) is 0.797. The second-order valence-corrected chi connectivity index (χ2v) is 3.63. The molecule has 0 bridgehead atoms. The van der Waals surface area contributed by atoms with Crippen molar-refractivity contribution in [3.8, 4) is 0 Å². The Labute approximate surface area is 91.0 Å². The Morgan fingerprint density at radius 1 is 1.67 bits per heavy atom. The number of urea groups is 1. The lowest BCUT2D eigenvalue weighted by Crippen LogP contribution is -2.29. The Morgan fingerprint density at radius 2 is 2.40 bits per heavy atom. The summed E-state index contributed by atoms with van der Waals surface area (Å²) < 4.78 is 13.0. The smallest absolute Gasteiger partial charge is 0.323 e. The zero-order valence-corrected chi connectivity index (χ0v) is 8.81. The second kappa shape index (κ2) is 3.66. The molecule has 15 heavy (non-hydrogen) atoms. The van der Waals surface area contributed by atoms with Crippen LogP contribution < -0.4 is 10.2 Å². The summed E-state index contributed by atoms with van der Waals surface area (Å²) in [7, 11) is 0. The molecule has 1 aromatic heterocycles. The number of pyridine rings is 1. The molecular formula is C9H9ClFN3O. The van der Waals surface area contributed by atoms with Crippen LogP contribution in [0, 0.1) is 12.7 Å². The Balaban J connectivity index is 2.45. The van der Waals surface area contributed by atoms with Crippen molar-refractivity contribution < 1.29 is 9.18 Å². The van der Waals surface area contributed by atoms with Crippen LogP contribution in [0.15, 0.2) is 6.20 Å². The van der Waals surface area contributed by atoms with E-state index in [0.717, 1.165) is 6.20 Å². The summed E-state index contributed by atoms with van der Waals surface area (Å²) in [4.78, 5) is 16.7. The molecule has 2 heterocycles. The minimum atomic E-state index is -0.572. The number of anilines is 1. The van der Waals surface area contributed by atoms with Gasteiger partial charge in [0.05, 0.1) is 11.2 Å². The Kier molecular flexibility index (Phi) is 2.48. The molecule has 0 spiro atoms. The summed E-state index contributed by atoms with van der Waals surface area (Å²) in [5, 5.41) is 2.65. The minimum Gasteiger partial charge on any atom is -0.336 e. The van der Waals surface area contributed by atoms with E-state index in [9.17, 15) is 9.18 Å². The third-order valence-corrected chi connectivity index (χ3v) is 2.75. The van der Waals surface area contributed by atoms with E-state index in [0.29, 0.717) is 24.5 Å². The standard InChI is InChI=1S/C9H9ClFN3O/c1-5-7(10)6(11)4-13-8(5)14-3-2-12-9(14)15/h4H,2-3H2,1H3,(H,12,15). The molecule has 1 aliphatic rings. The first-order valence-electron chi connectivity index (χ1n) is 4.47. The number of halogens is 2. The van der Waals surface area contributed by atoms with Gasteiger partial charge in [0.15, 0.2) is 5.82 Å². The van der Waals surface area contributed by atoms with Gasteiger partial charge in [0.1, 0.15) is 5.82 Å². The number of amides is 2. The van der Waals surface area contributed by atoms with Crippen molar-refractivity contribution in [1.29, 1.82) is 0 Å². The highest BCUT2D eigenvalue weighted by molar-refractivity contribution is 6.31. The predicted molar refractivity (Wildman–Crippen MR) is 54.7 cm³/mol. The average Bonchev–Trinajstić information content (AvgIpc) is 2.62. The summed E-state index contributed by atoms with van der Waals surface area (Å²) in [5.74, 6) is -0.158. The van der Waals surface area contributed by atoms with Crippen molar-refractivity contribution in [1.82, 2.24) is 10.3 Å². The molecule has 1 aliphatic heterocycles. The van der Waals surface area contributed by atoms with Crippen molar-refractivity contribution in [3.05, 3.63) is 22.6 Å². The fourth-order valence-electron chi connectivity index (χ4n) is 1.49. The Morgan fingerprint density at radius 3 is 3.00 bits per heavy atom. The van der Waals surface area contributed by atoms with Crippen molar-refractivity contribution in [3.63, 3.8) is 0 Å². The molecule has 2 rings (SSSR count). The van der Waals surface area contributed by atoms with Crippen LogP contribution in [0.4, 0.5) is 15.0 Å². The molecule has 0 atom stereocenters. The summed E-state index contributed by atoms with van der Waals surface area (Å²) in [6.07, 6.45) is 1.02. The number of hydrogen-bond acceptors (Lipinski definition) is 2. The van der Waals surface area contributed by atoms with Crippen LogP contribution in [0.3, 0.4) is 0 Å². The molecule has 0 saturated carbocycles. The molecule has 0 unspecified atom stereocenters. The SMILES string of the molecule is Cc1c(N2CCNC2=O)ncc(F)c1Cl. The monoisotopic (exact) mass is 229 g/mol. The number of carbonyl (C=O) groups excluding carboxylic acids is 1. The topological polar surface area (TPSA) is 45.2 Å². The lowest BCUT2D eigenvalue weighted by molar-refractivity contribution is 0.252. The molecule has 2 amide bonds. The maximum Gasteiger partial charge on any atom is 0.323 e. The van der Waals surface area contributed by atoms with Gasteiger partial charge < -0.3 is 5.32 Å². The number of hydrogen-bond donors (Lipinski definition) is 1. The molecule has 0 aromatic carbocycles. The molecule has 4 nitrogen and oxygen atoms in total. The van der Waals surface area contributed by atoms with Crippen LogP contribution in [-0.2, 0) is 0 Å². The van der Waals surface area contributed by atoms with Crippen LogP contribution in [0.25, 0.3) is 0 Å². The maximum absolute atomic E-state index is 13.0. The summed E-state index contributed by atoms with van der Waals surface area (Å²) in [6.45, 7) is 2.73. The second-order valence-electron chi connectivity index (χ2n) is 3.25. The third kappa shape index (κ3) is 1.63. The molecule has 0 aliphatic carbocycles. The van der Waals surface area contributed by atoms with Crippen LogP contribution >= 0.6 is 11.6 Å². The minimum absolute atomic E-state index is 0.0136. The van der Waals surface area contributed by atoms with E-state index in [2.05, 4.69) is 10.3 Å². The first kappa shape index (κ1) is 10.2. The predicted octanol–water partition coefficient (Wildman–Crippen LogP) is 1.71. The van der Waals surface area contributed by atoms with Crippen molar-refractivity contribution in [2.45, 2.75) is 6.92 Å². The Hall–Kier alpha value is -1.36. The van der Waals surface area contributed by atoms with Gasteiger partial charge in [-0.1, -0.05) is 11.6 Å². The van der Waals surface area contributed by atoms with Crippen LogP contribution in [-0.4, -0.2) is 24.1 Å². The van der Waals surface area contributed by atoms with Crippen molar-refractivity contribution in [2.24, 2.45) is 0 Å². The molecular weight excluding hydrogens is 221 g/mol. The number of aromatic nitrogens is 1. The Bertz CT molecular complexity index is 424. The van der Waals surface area contributed by atoms with E-state index in [1.807, 2.05) is 0 Å². The summed E-state index contributed by atoms with van der Waals surface area (Å²) >= 11 is 5.74. The fraction of sp³-hybridized carbons (Fsp3) is 0.333. The van der Waals surface area contributed by atoms with Gasteiger partial charge in [0.25, 0.3) is 0 Å². The van der Waals surface area contributed by atoms with Gasteiger partial charge in [0.2, 0.25) is 0 Å². The van der Waals surface area contributed by atoms with E-state index < -0.39 is 5.82 Å². The number of rotatable bonds is 1. The maximum atomic E-state index is 13.0. The highest BCUT2D eigenvalue weighted by atomic mass is 35.5. The fourth-order valence-corrected chi connectivity index (χ4v) is 1.63. The van der Waals surface area contributed by atoms with Crippen LogP contribution in [0.1, 0.15) is 5.56 Å². The molecule has 6 heteroatoms. The van der Waals surface area contributed by atoms with E-state index in [-0.39, 0.29) is 11.1 Å². The van der Waals surface area contributed by atoms with Gasteiger partial charge in [-0.05, 0) is 6.92 Å². The van der Waals surface area contributed by atoms with E-state index in [4.69, 9.17) is 11.6 Å². The van der Waals surface area contributed by atoms with E-state index >= 15 is 0 Å². The van der Waals surface area contributed by atoms with E-state index in [1.165, 1.54) is 4.90 Å². The van der Waals surface area contributed by atoms with Gasteiger partial charge in [-0.2, -0.15) is 0 Å². The molecule has 1 fully saturated rings. The lowest BCUT2D eigenvalue weighted by atomic mass is 10.2. The van der Waals surface area contributed by atoms with Crippen LogP contribution in [0.2, 0.25) is 5.02 Å². The number of carbonyl (C=O) groups is 1. The van der Waals surface area contributed by atoms with Gasteiger partial charge in [-0.3, -0.25) is 4.90 Å². The zero-order chi connectivity index (χ0) is 11.0. The number of nitrogens with one attached hydrogen (secondary N) is 1. The average molecular weight is 230 g/mol. The van der Waals surface area contributed by atoms with Crippen LogP contribution in [0.5, 0.6) is 0 Å². The van der Waals surface area contributed by atoms with Gasteiger partial charge in [-0.15, -0.1) is 0 Å². The van der Waals surface area contributed by atoms with Crippen molar-refractivity contribution >= 4 is 23.4 Å². The first-order valence-corrected chi connectivity index (χ1v) is 4.85. The number of nitrogens with zero attached hydrogens (tertiary/aromatic N) is 2. The largest absolute Gasteiger partial charge is 0.336 e. The molecule has 0 radical (unpaired) electrons. The molecule has 1 N–H and O–H groups in total. The third-order valence-electron chi connectivity index (χ3n) is 2.29. The summed E-state index contributed by atoms with van der Waals surface area (Å²) in [5.41, 5.74) is 0.480. The molecule has 80 valence electrons. The zero-order valence-electron chi connectivity index (χ0n) is 8.05. The van der Waals surface area contributed by atoms with Gasteiger partial charge in [0, 0.05) is 18.7 Å².